The lowest BCUT2D eigenvalue weighted by Gasteiger charge is -2.28. The summed E-state index contributed by atoms with van der Waals surface area (Å²) in [5.41, 5.74) is 0.568. The number of methoxy groups -OCH3 is 1. The van der Waals surface area contributed by atoms with Crippen LogP contribution in [0, 0.1) is 0 Å². The number of halogens is 1. The highest BCUT2D eigenvalue weighted by Crippen LogP contribution is 2.27. The monoisotopic (exact) mass is 341 g/mol. The number of hydrogen-bond donors (Lipinski definition) is 3. The van der Waals surface area contributed by atoms with Gasteiger partial charge in [0.1, 0.15) is 5.75 Å². The summed E-state index contributed by atoms with van der Waals surface area (Å²) in [6.07, 6.45) is 3.05. The Morgan fingerprint density at radius 1 is 1.39 bits per heavy atom. The molecule has 1 saturated heterocycles. The Kier molecular flexibility index (Phi) is 6.95. The maximum absolute atomic E-state index is 11.9. The Balaban J connectivity index is 1.72. The van der Waals surface area contributed by atoms with Crippen molar-refractivity contribution in [3.63, 3.8) is 0 Å². The molecule has 1 atom stereocenters. The van der Waals surface area contributed by atoms with E-state index in [2.05, 4.69) is 15.5 Å². The van der Waals surface area contributed by atoms with Gasteiger partial charge in [-0.2, -0.15) is 0 Å². The molecule has 0 radical (unpaired) electrons. The van der Waals surface area contributed by atoms with E-state index in [0.717, 1.165) is 13.1 Å². The van der Waals surface area contributed by atoms with Crippen LogP contribution >= 0.6 is 11.6 Å². The topological polar surface area (TPSA) is 73.8 Å². The molecule has 3 N–H and O–H groups in total. The zero-order valence-electron chi connectivity index (χ0n) is 13.3. The van der Waals surface area contributed by atoms with E-state index in [0.29, 0.717) is 23.0 Å². The predicted octanol–water partition coefficient (Wildman–Crippen LogP) is 2.32. The highest BCUT2D eigenvalue weighted by Gasteiger charge is 2.15. The minimum atomic E-state index is -0.571. The first kappa shape index (κ1) is 17.8. The van der Waals surface area contributed by atoms with Crippen molar-refractivity contribution in [3.8, 4) is 5.75 Å². The number of piperidine rings is 1. The van der Waals surface area contributed by atoms with Crippen molar-refractivity contribution >= 4 is 23.3 Å². The highest BCUT2D eigenvalue weighted by molar-refractivity contribution is 6.32. The SMILES string of the molecule is COc1ccc(NC(=O)NC[C@@H](O)CN2CCCCC2)cc1Cl. The Labute approximate surface area is 141 Å². The minimum absolute atomic E-state index is 0.215. The molecule has 0 saturated carbocycles. The molecule has 0 unspecified atom stereocenters. The Morgan fingerprint density at radius 3 is 2.78 bits per heavy atom. The van der Waals surface area contributed by atoms with Crippen LogP contribution in [0.1, 0.15) is 19.3 Å². The molecule has 0 aliphatic carbocycles. The van der Waals surface area contributed by atoms with Crippen molar-refractivity contribution in [2.75, 3.05) is 38.6 Å². The number of benzene rings is 1. The van der Waals surface area contributed by atoms with E-state index >= 15 is 0 Å². The van der Waals surface area contributed by atoms with Gasteiger partial charge in [-0.3, -0.25) is 0 Å². The Bertz CT molecular complexity index is 521. The molecule has 1 aliphatic rings. The minimum Gasteiger partial charge on any atom is -0.495 e. The summed E-state index contributed by atoms with van der Waals surface area (Å²) >= 11 is 6.01. The number of aliphatic hydroxyl groups is 1. The van der Waals surface area contributed by atoms with Crippen LogP contribution in [0.25, 0.3) is 0 Å². The van der Waals surface area contributed by atoms with Gasteiger partial charge in [0.05, 0.1) is 18.2 Å². The standard InChI is InChI=1S/C16H24ClN3O3/c1-23-15-6-5-12(9-14(15)17)19-16(22)18-10-13(21)11-20-7-3-2-4-8-20/h5-6,9,13,21H,2-4,7-8,10-11H2,1H3,(H2,18,19,22)/t13-/m1/s1. The Morgan fingerprint density at radius 2 is 2.13 bits per heavy atom. The van der Waals surface area contributed by atoms with Gasteiger partial charge in [-0.25, -0.2) is 4.79 Å². The molecule has 6 nitrogen and oxygen atoms in total. The van der Waals surface area contributed by atoms with Gasteiger partial charge in [0.2, 0.25) is 0 Å². The fourth-order valence-electron chi connectivity index (χ4n) is 2.63. The maximum atomic E-state index is 11.9. The molecule has 1 aromatic rings. The normalized spacial score (nSPS) is 16.7. The largest absolute Gasteiger partial charge is 0.495 e. The molecule has 1 aliphatic heterocycles. The molecule has 0 spiro atoms. The van der Waals surface area contributed by atoms with Gasteiger partial charge < -0.3 is 25.4 Å². The van der Waals surface area contributed by atoms with Crippen molar-refractivity contribution in [3.05, 3.63) is 23.2 Å². The van der Waals surface area contributed by atoms with E-state index < -0.39 is 6.10 Å². The quantitative estimate of drug-likeness (QED) is 0.742. The van der Waals surface area contributed by atoms with E-state index in [4.69, 9.17) is 16.3 Å². The van der Waals surface area contributed by atoms with Gasteiger partial charge >= 0.3 is 6.03 Å². The number of hydrogen-bond acceptors (Lipinski definition) is 4. The number of urea groups is 1. The summed E-state index contributed by atoms with van der Waals surface area (Å²) < 4.78 is 5.06. The van der Waals surface area contributed by atoms with Crippen LogP contribution in [-0.4, -0.2) is 55.4 Å². The molecule has 2 rings (SSSR count). The maximum Gasteiger partial charge on any atom is 0.319 e. The molecule has 23 heavy (non-hydrogen) atoms. The molecule has 1 heterocycles. The number of amides is 2. The number of nitrogens with zero attached hydrogens (tertiary/aromatic N) is 1. The molecule has 1 aromatic carbocycles. The number of aliphatic hydroxyl groups excluding tert-OH is 1. The second kappa shape index (κ2) is 8.96. The van der Waals surface area contributed by atoms with E-state index in [9.17, 15) is 9.90 Å². The summed E-state index contributed by atoms with van der Waals surface area (Å²) in [5, 5.41) is 15.8. The van der Waals surface area contributed by atoms with Crippen molar-refractivity contribution in [1.29, 1.82) is 0 Å². The van der Waals surface area contributed by atoms with Crippen LogP contribution in [0.4, 0.5) is 10.5 Å². The summed E-state index contributed by atoms with van der Waals surface area (Å²) in [6, 6.07) is 4.63. The van der Waals surface area contributed by atoms with Gasteiger partial charge in [-0.15, -0.1) is 0 Å². The number of β-amino-alcohol motifs (C(OH)–C–C–N with tert-alkyl or cyclic N) is 1. The number of carbonyl (C=O) groups is 1. The van der Waals surface area contributed by atoms with E-state index in [1.54, 1.807) is 18.2 Å². The fraction of sp³-hybridized carbons (Fsp3) is 0.562. The van der Waals surface area contributed by atoms with Gasteiger partial charge in [0.25, 0.3) is 0 Å². The number of nitrogens with one attached hydrogen (secondary N) is 2. The van der Waals surface area contributed by atoms with E-state index in [1.807, 2.05) is 0 Å². The summed E-state index contributed by atoms with van der Waals surface area (Å²) in [5.74, 6) is 0.551. The van der Waals surface area contributed by atoms with Crippen LogP contribution in [0.5, 0.6) is 5.75 Å². The van der Waals surface area contributed by atoms with Crippen molar-refractivity contribution in [1.82, 2.24) is 10.2 Å². The second-order valence-electron chi connectivity index (χ2n) is 5.70. The van der Waals surface area contributed by atoms with Crippen molar-refractivity contribution in [2.45, 2.75) is 25.4 Å². The third kappa shape index (κ3) is 5.89. The van der Waals surface area contributed by atoms with Gasteiger partial charge in [0.15, 0.2) is 0 Å². The van der Waals surface area contributed by atoms with Crippen LogP contribution < -0.4 is 15.4 Å². The molecular formula is C16H24ClN3O3. The first-order valence-electron chi connectivity index (χ1n) is 7.87. The number of carbonyl (C=O) groups excluding carboxylic acids is 1. The van der Waals surface area contributed by atoms with Crippen LogP contribution in [0.15, 0.2) is 18.2 Å². The fourth-order valence-corrected chi connectivity index (χ4v) is 2.89. The first-order chi connectivity index (χ1) is 11.1. The lowest BCUT2D eigenvalue weighted by atomic mass is 10.1. The highest BCUT2D eigenvalue weighted by atomic mass is 35.5. The molecule has 7 heteroatoms. The second-order valence-corrected chi connectivity index (χ2v) is 6.11. The number of rotatable bonds is 6. The molecule has 0 aromatic heterocycles. The third-order valence-corrected chi connectivity index (χ3v) is 4.12. The van der Waals surface area contributed by atoms with Crippen molar-refractivity contribution in [2.24, 2.45) is 0 Å². The van der Waals surface area contributed by atoms with Crippen molar-refractivity contribution < 1.29 is 14.6 Å². The molecule has 1 fully saturated rings. The average Bonchev–Trinajstić information content (AvgIpc) is 2.54. The van der Waals surface area contributed by atoms with Crippen LogP contribution in [-0.2, 0) is 0 Å². The number of likely N-dealkylation sites (tertiary alicyclic amines) is 1. The lowest BCUT2D eigenvalue weighted by molar-refractivity contribution is 0.102. The predicted molar refractivity (Wildman–Crippen MR) is 91.3 cm³/mol. The molecule has 2 amide bonds. The van der Waals surface area contributed by atoms with Crippen LogP contribution in [0.3, 0.4) is 0 Å². The summed E-state index contributed by atoms with van der Waals surface area (Å²) in [7, 11) is 1.53. The summed E-state index contributed by atoms with van der Waals surface area (Å²) in [6.45, 7) is 2.85. The Hall–Kier alpha value is -1.50. The number of anilines is 1. The average molecular weight is 342 g/mol. The van der Waals surface area contributed by atoms with E-state index in [-0.39, 0.29) is 12.6 Å². The smallest absolute Gasteiger partial charge is 0.319 e. The lowest BCUT2D eigenvalue weighted by Crippen LogP contribution is -2.42. The van der Waals surface area contributed by atoms with Gasteiger partial charge in [-0.1, -0.05) is 18.0 Å². The third-order valence-electron chi connectivity index (χ3n) is 3.83. The van der Waals surface area contributed by atoms with Crippen LogP contribution in [0.2, 0.25) is 5.02 Å². The summed E-state index contributed by atoms with van der Waals surface area (Å²) in [4.78, 5) is 14.1. The zero-order valence-corrected chi connectivity index (χ0v) is 14.1. The molecule has 0 bridgehead atoms. The molecule has 128 valence electrons. The number of ether oxygens (including phenoxy) is 1. The first-order valence-corrected chi connectivity index (χ1v) is 8.25. The van der Waals surface area contributed by atoms with Gasteiger partial charge in [0, 0.05) is 18.8 Å². The molecular weight excluding hydrogens is 318 g/mol. The van der Waals surface area contributed by atoms with Gasteiger partial charge in [-0.05, 0) is 44.1 Å². The zero-order chi connectivity index (χ0) is 16.7. The van der Waals surface area contributed by atoms with E-state index in [1.165, 1.54) is 26.4 Å².